The summed E-state index contributed by atoms with van der Waals surface area (Å²) in [4.78, 5) is 10.3. The van der Waals surface area contributed by atoms with E-state index in [9.17, 15) is 4.39 Å². The predicted octanol–water partition coefficient (Wildman–Crippen LogP) is 3.53. The molecule has 0 radical (unpaired) electrons. The first-order valence-corrected chi connectivity index (χ1v) is 7.07. The molecule has 0 aliphatic heterocycles. The van der Waals surface area contributed by atoms with Crippen LogP contribution in [0.3, 0.4) is 0 Å². The first kappa shape index (κ1) is 13.7. The number of fused-ring (bicyclic) bond motifs is 1. The Morgan fingerprint density at radius 3 is 2.76 bits per heavy atom. The second-order valence-electron chi connectivity index (χ2n) is 4.59. The topological polar surface area (TPSA) is 73.1 Å². The summed E-state index contributed by atoms with van der Waals surface area (Å²) in [5.74, 6) is 6.03. The lowest BCUT2D eigenvalue weighted by Crippen LogP contribution is -2.10. The molecule has 7 heteroatoms. The Labute approximate surface area is 124 Å². The van der Waals surface area contributed by atoms with E-state index in [-0.39, 0.29) is 11.8 Å². The minimum atomic E-state index is -0.323. The largest absolute Gasteiger partial charge is 0.438 e. The van der Waals surface area contributed by atoms with E-state index in [1.807, 2.05) is 13.0 Å². The van der Waals surface area contributed by atoms with Gasteiger partial charge in [0.15, 0.2) is 0 Å². The molecule has 0 spiro atoms. The van der Waals surface area contributed by atoms with Gasteiger partial charge in [0, 0.05) is 10.9 Å². The van der Waals surface area contributed by atoms with E-state index in [1.165, 1.54) is 17.4 Å². The SMILES string of the molecule is Cc1cc2c(Oc3ccc(C)c(F)c3)nc(NN)nc2s1. The Kier molecular flexibility index (Phi) is 3.44. The Morgan fingerprint density at radius 2 is 2.05 bits per heavy atom. The maximum absolute atomic E-state index is 13.6. The van der Waals surface area contributed by atoms with Gasteiger partial charge in [0.25, 0.3) is 0 Å². The van der Waals surface area contributed by atoms with Gasteiger partial charge in [0.1, 0.15) is 16.4 Å². The highest BCUT2D eigenvalue weighted by atomic mass is 32.1. The second kappa shape index (κ2) is 5.27. The highest BCUT2D eigenvalue weighted by molar-refractivity contribution is 7.18. The number of nitrogen functional groups attached to an aromatic ring is 1. The number of hydrazine groups is 1. The number of nitrogens with one attached hydrogen (secondary N) is 1. The summed E-state index contributed by atoms with van der Waals surface area (Å²) in [6, 6.07) is 6.61. The number of nitrogens with two attached hydrogens (primary N) is 1. The van der Waals surface area contributed by atoms with Crippen molar-refractivity contribution < 1.29 is 9.13 Å². The number of benzene rings is 1. The fraction of sp³-hybridized carbons (Fsp3) is 0.143. The van der Waals surface area contributed by atoms with Gasteiger partial charge in [-0.25, -0.2) is 15.2 Å². The lowest BCUT2D eigenvalue weighted by atomic mass is 10.2. The van der Waals surface area contributed by atoms with Gasteiger partial charge in [-0.2, -0.15) is 4.98 Å². The molecule has 2 heterocycles. The van der Waals surface area contributed by atoms with Crippen molar-refractivity contribution in [1.82, 2.24) is 9.97 Å². The molecule has 5 nitrogen and oxygen atoms in total. The van der Waals surface area contributed by atoms with E-state index < -0.39 is 0 Å². The molecule has 0 saturated heterocycles. The van der Waals surface area contributed by atoms with Gasteiger partial charge in [0.2, 0.25) is 11.8 Å². The minimum Gasteiger partial charge on any atom is -0.438 e. The summed E-state index contributed by atoms with van der Waals surface area (Å²) < 4.78 is 19.3. The van der Waals surface area contributed by atoms with Crippen molar-refractivity contribution >= 4 is 27.5 Å². The van der Waals surface area contributed by atoms with Crippen LogP contribution < -0.4 is 16.0 Å². The molecule has 0 unspecified atom stereocenters. The predicted molar refractivity (Wildman–Crippen MR) is 81.2 cm³/mol. The molecule has 0 aliphatic rings. The van der Waals surface area contributed by atoms with Crippen LogP contribution in [0, 0.1) is 19.7 Å². The number of aromatic nitrogens is 2. The third-order valence-electron chi connectivity index (χ3n) is 2.97. The van der Waals surface area contributed by atoms with Gasteiger partial charge in [-0.05, 0) is 31.5 Å². The second-order valence-corrected chi connectivity index (χ2v) is 5.82. The van der Waals surface area contributed by atoms with E-state index in [1.54, 1.807) is 19.1 Å². The average Bonchev–Trinajstić information content (AvgIpc) is 2.83. The number of anilines is 1. The number of nitrogens with zero attached hydrogens (tertiary/aromatic N) is 2. The molecule has 21 heavy (non-hydrogen) atoms. The molecule has 3 rings (SSSR count). The quantitative estimate of drug-likeness (QED) is 0.572. The summed E-state index contributed by atoms with van der Waals surface area (Å²) in [5.41, 5.74) is 2.97. The summed E-state index contributed by atoms with van der Waals surface area (Å²) in [6.45, 7) is 3.66. The Hall–Kier alpha value is -2.25. The smallest absolute Gasteiger partial charge is 0.241 e. The highest BCUT2D eigenvalue weighted by Crippen LogP contribution is 2.33. The van der Waals surface area contributed by atoms with E-state index in [0.717, 1.165) is 15.1 Å². The molecular formula is C14H13FN4OS. The Bertz CT molecular complexity index is 818. The fourth-order valence-corrected chi connectivity index (χ4v) is 2.78. The molecule has 3 N–H and O–H groups in total. The minimum absolute atomic E-state index is 0.256. The number of hydrogen-bond acceptors (Lipinski definition) is 6. The number of thiophene rings is 1. The number of aryl methyl sites for hydroxylation is 2. The standard InChI is InChI=1S/C14H13FN4OS/c1-7-3-4-9(6-11(7)15)20-12-10-5-8(2)21-13(10)18-14(17-12)19-16/h3-6H,16H2,1-2H3,(H,17,18,19). The average molecular weight is 304 g/mol. The van der Waals surface area contributed by atoms with E-state index in [0.29, 0.717) is 17.2 Å². The lowest BCUT2D eigenvalue weighted by Gasteiger charge is -2.08. The van der Waals surface area contributed by atoms with Crippen LogP contribution in [-0.4, -0.2) is 9.97 Å². The summed E-state index contributed by atoms with van der Waals surface area (Å²) in [6.07, 6.45) is 0. The molecule has 0 bridgehead atoms. The molecule has 1 aromatic carbocycles. The van der Waals surface area contributed by atoms with Crippen LogP contribution in [-0.2, 0) is 0 Å². The van der Waals surface area contributed by atoms with Crippen molar-refractivity contribution in [2.24, 2.45) is 5.84 Å². The monoisotopic (exact) mass is 304 g/mol. The maximum Gasteiger partial charge on any atom is 0.241 e. The van der Waals surface area contributed by atoms with Crippen LogP contribution in [0.4, 0.5) is 10.3 Å². The van der Waals surface area contributed by atoms with Gasteiger partial charge in [-0.1, -0.05) is 6.07 Å². The first-order chi connectivity index (χ1) is 10.1. The molecular weight excluding hydrogens is 291 g/mol. The van der Waals surface area contributed by atoms with Gasteiger partial charge in [-0.3, -0.25) is 5.43 Å². The van der Waals surface area contributed by atoms with Crippen LogP contribution in [0.1, 0.15) is 10.4 Å². The highest BCUT2D eigenvalue weighted by Gasteiger charge is 2.13. The van der Waals surface area contributed by atoms with Crippen molar-refractivity contribution in [3.05, 3.63) is 40.5 Å². The van der Waals surface area contributed by atoms with Crippen LogP contribution in [0.2, 0.25) is 0 Å². The summed E-state index contributed by atoms with van der Waals surface area (Å²) >= 11 is 1.51. The van der Waals surface area contributed by atoms with Crippen LogP contribution >= 0.6 is 11.3 Å². The van der Waals surface area contributed by atoms with E-state index in [4.69, 9.17) is 10.6 Å². The molecule has 0 fully saturated rings. The lowest BCUT2D eigenvalue weighted by molar-refractivity contribution is 0.463. The molecule has 0 amide bonds. The molecule has 0 saturated carbocycles. The zero-order chi connectivity index (χ0) is 15.0. The van der Waals surface area contributed by atoms with Crippen LogP contribution in [0.15, 0.2) is 24.3 Å². The maximum atomic E-state index is 13.6. The van der Waals surface area contributed by atoms with Gasteiger partial charge in [0.05, 0.1) is 5.39 Å². The Morgan fingerprint density at radius 1 is 1.24 bits per heavy atom. The normalized spacial score (nSPS) is 10.9. The molecule has 0 atom stereocenters. The first-order valence-electron chi connectivity index (χ1n) is 6.25. The summed E-state index contributed by atoms with van der Waals surface area (Å²) in [5, 5.41) is 0.775. The zero-order valence-electron chi connectivity index (χ0n) is 11.5. The fourth-order valence-electron chi connectivity index (χ4n) is 1.91. The molecule has 2 aromatic heterocycles. The zero-order valence-corrected chi connectivity index (χ0v) is 12.3. The van der Waals surface area contributed by atoms with Crippen molar-refractivity contribution in [3.8, 4) is 11.6 Å². The van der Waals surface area contributed by atoms with Crippen molar-refractivity contribution in [2.75, 3.05) is 5.43 Å². The van der Waals surface area contributed by atoms with Gasteiger partial charge in [-0.15, -0.1) is 11.3 Å². The van der Waals surface area contributed by atoms with E-state index >= 15 is 0 Å². The van der Waals surface area contributed by atoms with Crippen molar-refractivity contribution in [2.45, 2.75) is 13.8 Å². The number of ether oxygens (including phenoxy) is 1. The van der Waals surface area contributed by atoms with Crippen LogP contribution in [0.25, 0.3) is 10.2 Å². The number of rotatable bonds is 3. The molecule has 0 aliphatic carbocycles. The Balaban J connectivity index is 2.07. The number of halogens is 1. The molecule has 108 valence electrons. The summed E-state index contributed by atoms with van der Waals surface area (Å²) in [7, 11) is 0. The van der Waals surface area contributed by atoms with Crippen molar-refractivity contribution in [1.29, 1.82) is 0 Å². The van der Waals surface area contributed by atoms with Gasteiger partial charge < -0.3 is 4.74 Å². The third kappa shape index (κ3) is 2.65. The van der Waals surface area contributed by atoms with Crippen molar-refractivity contribution in [3.63, 3.8) is 0 Å². The molecule has 3 aromatic rings. The van der Waals surface area contributed by atoms with Crippen LogP contribution in [0.5, 0.6) is 11.6 Å². The third-order valence-corrected chi connectivity index (χ3v) is 3.91. The van der Waals surface area contributed by atoms with Gasteiger partial charge >= 0.3 is 0 Å². The van der Waals surface area contributed by atoms with E-state index in [2.05, 4.69) is 15.4 Å². The number of hydrogen-bond donors (Lipinski definition) is 2.